The van der Waals surface area contributed by atoms with Crippen molar-refractivity contribution in [3.8, 4) is 17.1 Å². The van der Waals surface area contributed by atoms with E-state index in [1.165, 1.54) is 0 Å². The topological polar surface area (TPSA) is 83.7 Å². The molecule has 1 amide bonds. The molecule has 0 bridgehead atoms. The van der Waals surface area contributed by atoms with Crippen molar-refractivity contribution in [3.05, 3.63) is 59.5 Å². The van der Waals surface area contributed by atoms with Crippen LogP contribution in [-0.2, 0) is 11.3 Å². The smallest absolute Gasteiger partial charge is 0.241 e. The highest BCUT2D eigenvalue weighted by Gasteiger charge is 2.21. The van der Waals surface area contributed by atoms with Gasteiger partial charge in [0.1, 0.15) is 5.75 Å². The van der Waals surface area contributed by atoms with Gasteiger partial charge in [-0.1, -0.05) is 35.5 Å². The average molecular weight is 436 g/mol. The minimum absolute atomic E-state index is 0.0238. The van der Waals surface area contributed by atoms with E-state index in [-0.39, 0.29) is 5.91 Å². The van der Waals surface area contributed by atoms with Gasteiger partial charge in [-0.2, -0.15) is 4.98 Å². The molecular weight excluding hydrogens is 406 g/mol. The Morgan fingerprint density at radius 2 is 1.75 bits per heavy atom. The third kappa shape index (κ3) is 5.33. The van der Waals surface area contributed by atoms with E-state index in [0.717, 1.165) is 54.3 Å². The van der Waals surface area contributed by atoms with Gasteiger partial charge in [-0.15, -0.1) is 0 Å². The van der Waals surface area contributed by atoms with Crippen LogP contribution in [0.3, 0.4) is 0 Å². The molecule has 1 aliphatic rings. The highest BCUT2D eigenvalue weighted by Crippen LogP contribution is 2.22. The molecule has 1 aliphatic heterocycles. The number of benzene rings is 2. The molecule has 1 fully saturated rings. The molecule has 0 spiro atoms. The van der Waals surface area contributed by atoms with Gasteiger partial charge in [0.05, 0.1) is 20.2 Å². The van der Waals surface area contributed by atoms with E-state index in [4.69, 9.17) is 9.26 Å². The number of para-hydroxylation sites is 1. The van der Waals surface area contributed by atoms with Crippen LogP contribution in [0.15, 0.2) is 47.0 Å². The van der Waals surface area contributed by atoms with Crippen LogP contribution in [0.4, 0.5) is 5.69 Å². The molecular formula is C24H29N5O3. The third-order valence-electron chi connectivity index (χ3n) is 5.73. The van der Waals surface area contributed by atoms with Crippen molar-refractivity contribution in [2.75, 3.05) is 45.2 Å². The van der Waals surface area contributed by atoms with Crippen molar-refractivity contribution < 1.29 is 14.1 Å². The molecule has 0 unspecified atom stereocenters. The largest absolute Gasteiger partial charge is 0.497 e. The Balaban J connectivity index is 1.26. The summed E-state index contributed by atoms with van der Waals surface area (Å²) in [6.07, 6.45) is 0. The Labute approximate surface area is 188 Å². The Bertz CT molecular complexity index is 1050. The maximum atomic E-state index is 12.5. The van der Waals surface area contributed by atoms with Crippen LogP contribution >= 0.6 is 0 Å². The van der Waals surface area contributed by atoms with Gasteiger partial charge in [0.2, 0.25) is 17.6 Å². The number of rotatable bonds is 7. The van der Waals surface area contributed by atoms with Crippen LogP contribution in [-0.4, -0.2) is 65.7 Å². The number of carbonyl (C=O) groups is 1. The van der Waals surface area contributed by atoms with Gasteiger partial charge in [0.25, 0.3) is 0 Å². The molecule has 0 aliphatic carbocycles. The van der Waals surface area contributed by atoms with Crippen LogP contribution in [0.5, 0.6) is 5.75 Å². The number of ether oxygens (including phenoxy) is 1. The van der Waals surface area contributed by atoms with Crippen molar-refractivity contribution >= 4 is 11.6 Å². The summed E-state index contributed by atoms with van der Waals surface area (Å²) in [5.41, 5.74) is 3.94. The number of aromatic nitrogens is 2. The van der Waals surface area contributed by atoms with Gasteiger partial charge in [-0.05, 0) is 37.1 Å². The Hall–Kier alpha value is -3.23. The van der Waals surface area contributed by atoms with Gasteiger partial charge >= 0.3 is 0 Å². The third-order valence-corrected chi connectivity index (χ3v) is 5.73. The van der Waals surface area contributed by atoms with E-state index in [1.54, 1.807) is 7.11 Å². The van der Waals surface area contributed by atoms with Crippen LogP contribution in [0.1, 0.15) is 17.0 Å². The standard InChI is InChI=1S/C24H29N5O3/c1-17-6-4-7-18(2)23(17)25-21(30)15-28-10-12-29(13-11-28)16-22-26-24(27-32-22)19-8-5-9-20(14-19)31-3/h4-9,14H,10-13,15-16H2,1-3H3,(H,25,30). The monoisotopic (exact) mass is 435 g/mol. The summed E-state index contributed by atoms with van der Waals surface area (Å²) in [5, 5.41) is 7.17. The summed E-state index contributed by atoms with van der Waals surface area (Å²) in [7, 11) is 1.63. The zero-order valence-corrected chi connectivity index (χ0v) is 18.8. The Morgan fingerprint density at radius 3 is 2.47 bits per heavy atom. The molecule has 0 radical (unpaired) electrons. The fourth-order valence-electron chi connectivity index (χ4n) is 3.89. The van der Waals surface area contributed by atoms with E-state index in [1.807, 2.05) is 56.3 Å². The summed E-state index contributed by atoms with van der Waals surface area (Å²) in [6, 6.07) is 13.6. The highest BCUT2D eigenvalue weighted by atomic mass is 16.5. The summed E-state index contributed by atoms with van der Waals surface area (Å²) in [4.78, 5) is 21.5. The molecule has 1 saturated heterocycles. The van der Waals surface area contributed by atoms with Crippen LogP contribution in [0.25, 0.3) is 11.4 Å². The number of hydrogen-bond donors (Lipinski definition) is 1. The van der Waals surface area contributed by atoms with Gasteiger partial charge in [0.15, 0.2) is 0 Å². The van der Waals surface area contributed by atoms with Crippen LogP contribution in [0.2, 0.25) is 0 Å². The number of nitrogens with zero attached hydrogens (tertiary/aromatic N) is 4. The van der Waals surface area contributed by atoms with E-state index in [2.05, 4.69) is 25.3 Å². The second-order valence-corrected chi connectivity index (χ2v) is 8.11. The number of carbonyl (C=O) groups excluding carboxylic acids is 1. The number of nitrogens with one attached hydrogen (secondary N) is 1. The first-order chi connectivity index (χ1) is 15.5. The second kappa shape index (κ2) is 9.93. The number of piperazine rings is 1. The van der Waals surface area contributed by atoms with Crippen LogP contribution in [0, 0.1) is 13.8 Å². The molecule has 2 aromatic carbocycles. The predicted molar refractivity (Wildman–Crippen MR) is 123 cm³/mol. The number of hydrogen-bond acceptors (Lipinski definition) is 7. The SMILES string of the molecule is COc1cccc(-c2noc(CN3CCN(CC(=O)Nc4c(C)cccc4C)CC3)n2)c1. The highest BCUT2D eigenvalue weighted by molar-refractivity contribution is 5.93. The summed E-state index contributed by atoms with van der Waals surface area (Å²) in [6.45, 7) is 8.33. The lowest BCUT2D eigenvalue weighted by molar-refractivity contribution is -0.117. The minimum atomic E-state index is 0.0238. The molecule has 8 heteroatoms. The molecule has 0 saturated carbocycles. The average Bonchev–Trinajstić information content (AvgIpc) is 3.26. The zero-order chi connectivity index (χ0) is 22.5. The van der Waals surface area contributed by atoms with Crippen molar-refractivity contribution in [2.24, 2.45) is 0 Å². The molecule has 8 nitrogen and oxygen atoms in total. The van der Waals surface area contributed by atoms with Gasteiger partial charge in [0, 0.05) is 37.4 Å². The van der Waals surface area contributed by atoms with E-state index >= 15 is 0 Å². The van der Waals surface area contributed by atoms with Gasteiger partial charge in [-0.25, -0.2) is 0 Å². The summed E-state index contributed by atoms with van der Waals surface area (Å²) in [5.74, 6) is 1.92. The fourth-order valence-corrected chi connectivity index (χ4v) is 3.89. The number of anilines is 1. The van der Waals surface area contributed by atoms with Crippen molar-refractivity contribution in [3.63, 3.8) is 0 Å². The number of amides is 1. The predicted octanol–water partition coefficient (Wildman–Crippen LogP) is 3.12. The molecule has 4 rings (SSSR count). The molecule has 1 N–H and O–H groups in total. The first-order valence-corrected chi connectivity index (χ1v) is 10.8. The first kappa shape index (κ1) is 22.0. The summed E-state index contributed by atoms with van der Waals surface area (Å²) >= 11 is 0. The lowest BCUT2D eigenvalue weighted by atomic mass is 10.1. The Morgan fingerprint density at radius 1 is 1.06 bits per heavy atom. The minimum Gasteiger partial charge on any atom is -0.497 e. The van der Waals surface area contributed by atoms with Crippen LogP contribution < -0.4 is 10.1 Å². The maximum Gasteiger partial charge on any atom is 0.241 e. The molecule has 1 aromatic heterocycles. The van der Waals surface area contributed by atoms with E-state index in [9.17, 15) is 4.79 Å². The fraction of sp³-hybridized carbons (Fsp3) is 0.375. The van der Waals surface area contributed by atoms with Gasteiger partial charge < -0.3 is 14.6 Å². The van der Waals surface area contributed by atoms with Crippen molar-refractivity contribution in [2.45, 2.75) is 20.4 Å². The lowest BCUT2D eigenvalue weighted by Gasteiger charge is -2.33. The first-order valence-electron chi connectivity index (χ1n) is 10.8. The molecule has 0 atom stereocenters. The lowest BCUT2D eigenvalue weighted by Crippen LogP contribution is -2.48. The van der Waals surface area contributed by atoms with Crippen molar-refractivity contribution in [1.82, 2.24) is 19.9 Å². The molecule has 32 heavy (non-hydrogen) atoms. The Kier molecular flexibility index (Phi) is 6.82. The van der Waals surface area contributed by atoms with E-state index in [0.29, 0.717) is 24.8 Å². The van der Waals surface area contributed by atoms with Crippen molar-refractivity contribution in [1.29, 1.82) is 0 Å². The van der Waals surface area contributed by atoms with Gasteiger partial charge in [-0.3, -0.25) is 14.6 Å². The summed E-state index contributed by atoms with van der Waals surface area (Å²) < 4.78 is 10.7. The molecule has 3 aromatic rings. The normalized spacial score (nSPS) is 15.0. The maximum absolute atomic E-state index is 12.5. The second-order valence-electron chi connectivity index (χ2n) is 8.11. The quantitative estimate of drug-likeness (QED) is 0.610. The molecule has 168 valence electrons. The number of methoxy groups -OCH3 is 1. The number of aryl methyl sites for hydroxylation is 2. The molecule has 2 heterocycles. The zero-order valence-electron chi connectivity index (χ0n) is 18.8. The van der Waals surface area contributed by atoms with E-state index < -0.39 is 0 Å².